The molecule has 6 nitrogen and oxygen atoms in total. The summed E-state index contributed by atoms with van der Waals surface area (Å²) < 4.78 is 5.37. The molecule has 6 heteroatoms. The van der Waals surface area contributed by atoms with Crippen molar-refractivity contribution >= 4 is 12.0 Å². The zero-order chi connectivity index (χ0) is 25.6. The number of aromatic hydroxyl groups is 1. The summed E-state index contributed by atoms with van der Waals surface area (Å²) in [7, 11) is 0. The summed E-state index contributed by atoms with van der Waals surface area (Å²) >= 11 is 0. The number of phenols is 1. The predicted molar refractivity (Wildman–Crippen MR) is 138 cm³/mol. The molecule has 0 aliphatic heterocycles. The van der Waals surface area contributed by atoms with E-state index in [9.17, 15) is 14.7 Å². The predicted octanol–water partition coefficient (Wildman–Crippen LogP) is 5.84. The second kappa shape index (κ2) is 10.6. The first kappa shape index (κ1) is 25.8. The van der Waals surface area contributed by atoms with Crippen LogP contribution in [-0.4, -0.2) is 28.2 Å². The molecule has 3 rings (SSSR count). The number of nitrogens with one attached hydrogen (secondary N) is 2. The van der Waals surface area contributed by atoms with Gasteiger partial charge in [0.05, 0.1) is 0 Å². The van der Waals surface area contributed by atoms with Gasteiger partial charge in [0.25, 0.3) is 5.91 Å². The van der Waals surface area contributed by atoms with Crippen LogP contribution in [0.25, 0.3) is 11.1 Å². The van der Waals surface area contributed by atoms with E-state index in [0.29, 0.717) is 18.5 Å². The Kier molecular flexibility index (Phi) is 7.85. The summed E-state index contributed by atoms with van der Waals surface area (Å²) in [5, 5.41) is 15.3. The maximum absolute atomic E-state index is 12.7. The van der Waals surface area contributed by atoms with E-state index in [1.165, 1.54) is 0 Å². The Balaban J connectivity index is 1.57. The molecule has 0 bridgehead atoms. The van der Waals surface area contributed by atoms with Gasteiger partial charge in [0.15, 0.2) is 0 Å². The largest absolute Gasteiger partial charge is 0.508 e. The molecular formula is C29H34N2O4. The summed E-state index contributed by atoms with van der Waals surface area (Å²) in [6, 6.07) is 22.3. The highest BCUT2D eigenvalue weighted by molar-refractivity contribution is 5.94. The summed E-state index contributed by atoms with van der Waals surface area (Å²) in [5.74, 6) is 0.0660. The molecule has 0 saturated heterocycles. The molecule has 0 heterocycles. The molecule has 3 aromatic rings. The minimum atomic E-state index is -0.551. The first-order valence-corrected chi connectivity index (χ1v) is 11.7. The Morgan fingerprint density at radius 3 is 2.00 bits per heavy atom. The average molecular weight is 475 g/mol. The van der Waals surface area contributed by atoms with Gasteiger partial charge >= 0.3 is 6.09 Å². The number of rotatable bonds is 7. The number of carbonyl (C=O) groups is 2. The van der Waals surface area contributed by atoms with Crippen LogP contribution in [0.1, 0.15) is 56.1 Å². The maximum atomic E-state index is 12.7. The van der Waals surface area contributed by atoms with Crippen LogP contribution in [0.4, 0.5) is 4.79 Å². The van der Waals surface area contributed by atoms with Crippen LogP contribution in [0.15, 0.2) is 72.8 Å². The molecule has 0 aliphatic carbocycles. The van der Waals surface area contributed by atoms with Gasteiger partial charge in [-0.25, -0.2) is 4.79 Å². The van der Waals surface area contributed by atoms with Gasteiger partial charge in [-0.05, 0) is 87.6 Å². The Bertz CT molecular complexity index is 1160. The van der Waals surface area contributed by atoms with Gasteiger partial charge in [-0.2, -0.15) is 0 Å². The third-order valence-electron chi connectivity index (χ3n) is 5.28. The van der Waals surface area contributed by atoms with Crippen molar-refractivity contribution in [1.29, 1.82) is 0 Å². The molecule has 3 N–H and O–H groups in total. The van der Waals surface area contributed by atoms with Crippen LogP contribution in [0, 0.1) is 0 Å². The minimum Gasteiger partial charge on any atom is -0.508 e. The lowest BCUT2D eigenvalue weighted by molar-refractivity contribution is 0.0472. The molecule has 184 valence electrons. The second-order valence-corrected chi connectivity index (χ2v) is 10.3. The highest BCUT2D eigenvalue weighted by atomic mass is 16.6. The minimum absolute atomic E-state index is 0.153. The molecule has 0 spiro atoms. The normalized spacial score (nSPS) is 11.6. The number of benzene rings is 3. The molecule has 0 aliphatic rings. The average Bonchev–Trinajstić information content (AvgIpc) is 2.76. The maximum Gasteiger partial charge on any atom is 0.408 e. The van der Waals surface area contributed by atoms with E-state index in [-0.39, 0.29) is 11.7 Å². The molecular weight excluding hydrogens is 440 g/mol. The number of amides is 2. The van der Waals surface area contributed by atoms with Gasteiger partial charge in [-0.1, -0.05) is 48.5 Å². The molecule has 0 atom stereocenters. The van der Waals surface area contributed by atoms with Gasteiger partial charge in [-0.15, -0.1) is 0 Å². The lowest BCUT2D eigenvalue weighted by Crippen LogP contribution is -2.47. The molecule has 0 aromatic heterocycles. The third-order valence-corrected chi connectivity index (χ3v) is 5.28. The third kappa shape index (κ3) is 8.18. The van der Waals surface area contributed by atoms with Gasteiger partial charge in [-0.3, -0.25) is 4.79 Å². The summed E-state index contributed by atoms with van der Waals surface area (Å²) in [5.41, 5.74) is 3.49. The first-order chi connectivity index (χ1) is 16.4. The lowest BCUT2D eigenvalue weighted by atomic mass is 9.94. The molecule has 0 saturated carbocycles. The van der Waals surface area contributed by atoms with E-state index in [2.05, 4.69) is 10.6 Å². The lowest BCUT2D eigenvalue weighted by Gasteiger charge is -2.29. The fourth-order valence-electron chi connectivity index (χ4n) is 3.74. The number of ether oxygens (including phenoxy) is 1. The Morgan fingerprint density at radius 1 is 0.829 bits per heavy atom. The number of carbonyl (C=O) groups excluding carboxylic acids is 2. The second-order valence-electron chi connectivity index (χ2n) is 10.3. The highest BCUT2D eigenvalue weighted by Crippen LogP contribution is 2.22. The Labute approximate surface area is 207 Å². The van der Waals surface area contributed by atoms with Crippen molar-refractivity contribution in [2.24, 2.45) is 0 Å². The zero-order valence-corrected chi connectivity index (χ0v) is 21.0. The first-order valence-electron chi connectivity index (χ1n) is 11.7. The van der Waals surface area contributed by atoms with Crippen molar-refractivity contribution in [3.63, 3.8) is 0 Å². The summed E-state index contributed by atoms with van der Waals surface area (Å²) in [4.78, 5) is 24.8. The molecule has 0 radical (unpaired) electrons. The molecule has 35 heavy (non-hydrogen) atoms. The van der Waals surface area contributed by atoms with Gasteiger partial charge in [0.1, 0.15) is 11.4 Å². The zero-order valence-electron chi connectivity index (χ0n) is 21.0. The van der Waals surface area contributed by atoms with Gasteiger partial charge < -0.3 is 20.5 Å². The number of hydrogen-bond acceptors (Lipinski definition) is 4. The SMILES string of the molecule is CC(C)(Cc1cccc(CNC(=O)c2ccc(-c3ccc(O)cc3)cc2)c1)NC(=O)OC(C)(C)C. The molecule has 0 fully saturated rings. The number of hydrogen-bond donors (Lipinski definition) is 3. The van der Waals surface area contributed by atoms with Crippen molar-refractivity contribution in [1.82, 2.24) is 10.6 Å². The summed E-state index contributed by atoms with van der Waals surface area (Å²) in [6.07, 6.45) is 0.176. The van der Waals surface area contributed by atoms with E-state index in [1.54, 1.807) is 24.3 Å². The molecule has 3 aromatic carbocycles. The Morgan fingerprint density at radius 2 is 1.40 bits per heavy atom. The van der Waals surface area contributed by atoms with Crippen LogP contribution >= 0.6 is 0 Å². The van der Waals surface area contributed by atoms with Crippen molar-refractivity contribution in [2.75, 3.05) is 0 Å². The monoisotopic (exact) mass is 474 g/mol. The smallest absolute Gasteiger partial charge is 0.408 e. The van der Waals surface area contributed by atoms with Gasteiger partial charge in [0, 0.05) is 17.6 Å². The number of alkyl carbamates (subject to hydrolysis) is 1. The quantitative estimate of drug-likeness (QED) is 0.402. The van der Waals surface area contributed by atoms with Crippen LogP contribution in [0.3, 0.4) is 0 Å². The summed E-state index contributed by atoms with van der Waals surface area (Å²) in [6.45, 7) is 9.80. The fourth-order valence-corrected chi connectivity index (χ4v) is 3.74. The molecule has 0 unspecified atom stereocenters. The Hall–Kier alpha value is -3.80. The highest BCUT2D eigenvalue weighted by Gasteiger charge is 2.25. The molecule has 2 amide bonds. The van der Waals surface area contributed by atoms with Crippen LogP contribution in [0.2, 0.25) is 0 Å². The van der Waals surface area contributed by atoms with E-state index in [4.69, 9.17) is 4.74 Å². The fraction of sp³-hybridized carbons (Fsp3) is 0.310. The van der Waals surface area contributed by atoms with Crippen molar-refractivity contribution < 1.29 is 19.4 Å². The van der Waals surface area contributed by atoms with E-state index >= 15 is 0 Å². The topological polar surface area (TPSA) is 87.7 Å². The van der Waals surface area contributed by atoms with Crippen LogP contribution < -0.4 is 10.6 Å². The van der Waals surface area contributed by atoms with Crippen LogP contribution in [0.5, 0.6) is 5.75 Å². The van der Waals surface area contributed by atoms with E-state index in [1.807, 2.05) is 83.1 Å². The van der Waals surface area contributed by atoms with Crippen molar-refractivity contribution in [3.8, 4) is 16.9 Å². The van der Waals surface area contributed by atoms with Crippen molar-refractivity contribution in [3.05, 3.63) is 89.5 Å². The van der Waals surface area contributed by atoms with Crippen molar-refractivity contribution in [2.45, 2.75) is 58.7 Å². The van der Waals surface area contributed by atoms with E-state index < -0.39 is 17.2 Å². The standard InChI is InChI=1S/C29H34N2O4/c1-28(2,3)35-27(34)31-29(4,5)18-20-7-6-8-21(17-20)19-30-26(33)24-11-9-22(10-12-24)23-13-15-25(32)16-14-23/h6-17,32H,18-19H2,1-5H3,(H,30,33)(H,31,34). The number of phenolic OH excluding ortho intramolecular Hbond substituents is 1. The van der Waals surface area contributed by atoms with Gasteiger partial charge in [0.2, 0.25) is 0 Å². The van der Waals surface area contributed by atoms with Crippen LogP contribution in [-0.2, 0) is 17.7 Å². The van der Waals surface area contributed by atoms with E-state index in [0.717, 1.165) is 22.3 Å².